The molecule has 3 heterocycles. The maximum absolute atomic E-state index is 13.2. The molecule has 142 valence electrons. The summed E-state index contributed by atoms with van der Waals surface area (Å²) in [6, 6.07) is 6.46. The normalized spacial score (nSPS) is 31.3. The lowest BCUT2D eigenvalue weighted by molar-refractivity contribution is 0.0765. The minimum atomic E-state index is -0.235. The van der Waals surface area contributed by atoms with E-state index in [0.717, 1.165) is 31.2 Å². The van der Waals surface area contributed by atoms with Crippen LogP contribution in [-0.2, 0) is 9.47 Å². The first-order valence-corrected chi connectivity index (χ1v) is 9.66. The summed E-state index contributed by atoms with van der Waals surface area (Å²) in [5, 5.41) is 3.42. The number of likely N-dealkylation sites (tertiary alicyclic amines) is 1. The fraction of sp³-hybridized carbons (Fsp3) is 0.650. The third kappa shape index (κ3) is 3.32. The molecule has 3 aliphatic rings. The highest BCUT2D eigenvalue weighted by atomic mass is 19.1. The predicted octanol–water partition coefficient (Wildman–Crippen LogP) is 2.59. The highest BCUT2D eigenvalue weighted by Crippen LogP contribution is 2.47. The Morgan fingerprint density at radius 3 is 2.50 bits per heavy atom. The van der Waals surface area contributed by atoms with E-state index in [4.69, 9.17) is 14.5 Å². The van der Waals surface area contributed by atoms with Crippen LogP contribution in [0.25, 0.3) is 0 Å². The topological polar surface area (TPSA) is 46.1 Å². The smallest absolute Gasteiger partial charge is 0.194 e. The predicted molar refractivity (Wildman–Crippen MR) is 98.6 cm³/mol. The third-order valence-corrected chi connectivity index (χ3v) is 6.02. The van der Waals surface area contributed by atoms with E-state index in [9.17, 15) is 4.39 Å². The molecule has 4 rings (SSSR count). The molecule has 0 amide bonds. The Morgan fingerprint density at radius 1 is 1.27 bits per heavy atom. The fourth-order valence-corrected chi connectivity index (χ4v) is 4.72. The van der Waals surface area contributed by atoms with Gasteiger partial charge in [0, 0.05) is 38.6 Å². The molecule has 3 saturated heterocycles. The van der Waals surface area contributed by atoms with Crippen LogP contribution in [0, 0.1) is 17.7 Å². The van der Waals surface area contributed by atoms with Gasteiger partial charge < -0.3 is 19.7 Å². The Morgan fingerprint density at radius 2 is 1.92 bits per heavy atom. The number of ether oxygens (including phenoxy) is 2. The van der Waals surface area contributed by atoms with E-state index in [2.05, 4.69) is 17.1 Å². The number of guanidine groups is 1. The minimum absolute atomic E-state index is 0.175. The molecule has 5 atom stereocenters. The molecular weight excluding hydrogens is 333 g/mol. The Hall–Kier alpha value is -1.66. The van der Waals surface area contributed by atoms with Crippen molar-refractivity contribution in [3.05, 3.63) is 35.6 Å². The van der Waals surface area contributed by atoms with Crippen LogP contribution in [-0.4, -0.2) is 56.4 Å². The molecule has 0 saturated carbocycles. The van der Waals surface area contributed by atoms with Gasteiger partial charge >= 0.3 is 0 Å². The second-order valence-corrected chi connectivity index (χ2v) is 7.49. The Kier molecular flexibility index (Phi) is 5.14. The van der Waals surface area contributed by atoms with Crippen LogP contribution in [0.4, 0.5) is 4.39 Å². The van der Waals surface area contributed by atoms with Gasteiger partial charge in [0.2, 0.25) is 0 Å². The average Bonchev–Trinajstić information content (AvgIpc) is 3.35. The standard InChI is InChI=1S/C20H28FN3O2/c1-3-22-20(23-10-19(25-2)13-4-6-14(21)7-5-13)24-11-15-16(12-24)18-9-8-17(15)26-18/h4-7,15-19H,3,8-12H2,1-2H3,(H,22,23). The number of nitrogens with zero attached hydrogens (tertiary/aromatic N) is 2. The Labute approximate surface area is 154 Å². The molecule has 1 aromatic carbocycles. The maximum atomic E-state index is 13.2. The Bertz CT molecular complexity index is 633. The van der Waals surface area contributed by atoms with Crippen molar-refractivity contribution < 1.29 is 13.9 Å². The van der Waals surface area contributed by atoms with E-state index in [-0.39, 0.29) is 11.9 Å². The van der Waals surface area contributed by atoms with Gasteiger partial charge in [-0.05, 0) is 37.5 Å². The number of aliphatic imine (C=N–C) groups is 1. The summed E-state index contributed by atoms with van der Waals surface area (Å²) in [6.07, 6.45) is 3.14. The number of fused-ring (bicyclic) bond motifs is 5. The van der Waals surface area contributed by atoms with Crippen molar-refractivity contribution in [2.24, 2.45) is 16.8 Å². The van der Waals surface area contributed by atoms with Gasteiger partial charge in [-0.2, -0.15) is 0 Å². The van der Waals surface area contributed by atoms with E-state index in [1.54, 1.807) is 19.2 Å². The molecule has 5 unspecified atom stereocenters. The van der Waals surface area contributed by atoms with Crippen molar-refractivity contribution in [3.63, 3.8) is 0 Å². The van der Waals surface area contributed by atoms with E-state index in [1.165, 1.54) is 25.0 Å². The number of methoxy groups -OCH3 is 1. The zero-order valence-electron chi connectivity index (χ0n) is 15.5. The SMILES string of the molecule is CCNC(=NCC(OC)c1ccc(F)cc1)N1CC2C3CCC(O3)C2C1. The highest BCUT2D eigenvalue weighted by Gasteiger charge is 2.53. The van der Waals surface area contributed by atoms with Crippen molar-refractivity contribution in [2.45, 2.75) is 38.1 Å². The lowest BCUT2D eigenvalue weighted by Crippen LogP contribution is -2.41. The monoisotopic (exact) mass is 361 g/mol. The van der Waals surface area contributed by atoms with Gasteiger partial charge in [-0.1, -0.05) is 12.1 Å². The molecule has 3 aliphatic heterocycles. The van der Waals surface area contributed by atoms with Gasteiger partial charge in [-0.15, -0.1) is 0 Å². The number of benzene rings is 1. The van der Waals surface area contributed by atoms with Gasteiger partial charge in [0.25, 0.3) is 0 Å². The molecule has 0 aliphatic carbocycles. The Balaban J connectivity index is 1.45. The molecule has 1 aromatic rings. The summed E-state index contributed by atoms with van der Waals surface area (Å²) in [6.45, 7) is 5.48. The van der Waals surface area contributed by atoms with Crippen molar-refractivity contribution in [1.82, 2.24) is 10.2 Å². The zero-order chi connectivity index (χ0) is 18.1. The molecular formula is C20H28FN3O2. The first-order chi connectivity index (χ1) is 12.7. The van der Waals surface area contributed by atoms with Crippen molar-refractivity contribution in [1.29, 1.82) is 0 Å². The number of hydrogen-bond acceptors (Lipinski definition) is 3. The summed E-state index contributed by atoms with van der Waals surface area (Å²) in [5.41, 5.74) is 0.943. The second kappa shape index (κ2) is 7.53. The number of rotatable bonds is 5. The van der Waals surface area contributed by atoms with E-state index < -0.39 is 0 Å². The van der Waals surface area contributed by atoms with Crippen LogP contribution in [0.1, 0.15) is 31.4 Å². The quantitative estimate of drug-likeness (QED) is 0.647. The first-order valence-electron chi connectivity index (χ1n) is 9.66. The molecule has 3 fully saturated rings. The van der Waals surface area contributed by atoms with Crippen molar-refractivity contribution >= 4 is 5.96 Å². The van der Waals surface area contributed by atoms with Crippen LogP contribution in [0.2, 0.25) is 0 Å². The zero-order valence-corrected chi connectivity index (χ0v) is 15.5. The summed E-state index contributed by atoms with van der Waals surface area (Å²) in [5.74, 6) is 2.01. The summed E-state index contributed by atoms with van der Waals surface area (Å²) in [4.78, 5) is 7.21. The van der Waals surface area contributed by atoms with Crippen LogP contribution < -0.4 is 5.32 Å². The maximum Gasteiger partial charge on any atom is 0.194 e. The lowest BCUT2D eigenvalue weighted by Gasteiger charge is -2.24. The lowest BCUT2D eigenvalue weighted by atomic mass is 9.82. The number of nitrogens with one attached hydrogen (secondary N) is 1. The number of hydrogen-bond donors (Lipinski definition) is 1. The van der Waals surface area contributed by atoms with Crippen LogP contribution in [0.3, 0.4) is 0 Å². The van der Waals surface area contributed by atoms with Crippen LogP contribution >= 0.6 is 0 Å². The molecule has 0 aromatic heterocycles. The first kappa shape index (κ1) is 17.7. The molecule has 26 heavy (non-hydrogen) atoms. The molecule has 1 N–H and O–H groups in total. The van der Waals surface area contributed by atoms with Crippen molar-refractivity contribution in [3.8, 4) is 0 Å². The molecule has 2 bridgehead atoms. The number of halogens is 1. The van der Waals surface area contributed by atoms with Gasteiger partial charge in [0.15, 0.2) is 5.96 Å². The molecule has 6 heteroatoms. The van der Waals surface area contributed by atoms with Gasteiger partial charge in [-0.3, -0.25) is 4.99 Å². The van der Waals surface area contributed by atoms with Crippen molar-refractivity contribution in [2.75, 3.05) is 33.3 Å². The molecule has 0 spiro atoms. The fourth-order valence-electron chi connectivity index (χ4n) is 4.72. The summed E-state index contributed by atoms with van der Waals surface area (Å²) >= 11 is 0. The molecule has 5 nitrogen and oxygen atoms in total. The van der Waals surface area contributed by atoms with E-state index in [1.807, 2.05) is 0 Å². The minimum Gasteiger partial charge on any atom is -0.375 e. The highest BCUT2D eigenvalue weighted by molar-refractivity contribution is 5.80. The van der Waals surface area contributed by atoms with E-state index in [0.29, 0.717) is 30.6 Å². The van der Waals surface area contributed by atoms with Crippen LogP contribution in [0.15, 0.2) is 29.3 Å². The summed E-state index contributed by atoms with van der Waals surface area (Å²) in [7, 11) is 1.67. The largest absolute Gasteiger partial charge is 0.375 e. The third-order valence-electron chi connectivity index (χ3n) is 6.02. The van der Waals surface area contributed by atoms with Gasteiger partial charge in [-0.25, -0.2) is 4.39 Å². The van der Waals surface area contributed by atoms with Crippen LogP contribution in [0.5, 0.6) is 0 Å². The van der Waals surface area contributed by atoms with E-state index >= 15 is 0 Å². The average molecular weight is 361 g/mol. The molecule has 0 radical (unpaired) electrons. The summed E-state index contributed by atoms with van der Waals surface area (Å²) < 4.78 is 24.8. The second-order valence-electron chi connectivity index (χ2n) is 7.49. The van der Waals surface area contributed by atoms with Gasteiger partial charge in [0.1, 0.15) is 11.9 Å². The van der Waals surface area contributed by atoms with Gasteiger partial charge in [0.05, 0.1) is 18.8 Å².